The van der Waals surface area contributed by atoms with Gasteiger partial charge in [0.05, 0.1) is 0 Å². The van der Waals surface area contributed by atoms with Crippen LogP contribution in [0.3, 0.4) is 0 Å². The molecule has 1 atom stereocenters. The van der Waals surface area contributed by atoms with E-state index < -0.39 is 5.97 Å². The molecule has 0 N–H and O–H groups in total. The van der Waals surface area contributed by atoms with Crippen LogP contribution in [0.25, 0.3) is 0 Å². The van der Waals surface area contributed by atoms with Gasteiger partial charge in [-0.1, -0.05) is 45.3 Å². The summed E-state index contributed by atoms with van der Waals surface area (Å²) in [6.45, 7) is 7.83. The Hall–Kier alpha value is -1.23. The molecular weight excluding hydrogens is 200 g/mol. The van der Waals surface area contributed by atoms with Crippen molar-refractivity contribution in [1.29, 1.82) is 0 Å². The first kappa shape index (κ1) is 14.8. The summed E-state index contributed by atoms with van der Waals surface area (Å²) in [7, 11) is 0. The zero-order valence-corrected chi connectivity index (χ0v) is 10.4. The Bertz CT molecular complexity index is 258. The maximum absolute atomic E-state index is 11.3. The van der Waals surface area contributed by atoms with Crippen LogP contribution < -0.4 is 0 Å². The predicted molar refractivity (Wildman–Crippen MR) is 66.9 cm³/mol. The van der Waals surface area contributed by atoms with Gasteiger partial charge in [0.25, 0.3) is 0 Å². The second-order valence-corrected chi connectivity index (χ2v) is 3.73. The molecule has 0 rings (SSSR count). The second-order valence-electron chi connectivity index (χ2n) is 3.73. The monoisotopic (exact) mass is 222 g/mol. The largest absolute Gasteiger partial charge is 0.449 e. The topological polar surface area (TPSA) is 26.3 Å². The third kappa shape index (κ3) is 8.11. The molecule has 2 nitrogen and oxygen atoms in total. The zero-order valence-electron chi connectivity index (χ0n) is 10.4. The van der Waals surface area contributed by atoms with Crippen LogP contribution in [0.2, 0.25) is 0 Å². The fraction of sp³-hybridized carbons (Fsp3) is 0.643. The van der Waals surface area contributed by atoms with Crippen LogP contribution in [-0.2, 0) is 9.53 Å². The Morgan fingerprint density at radius 3 is 2.69 bits per heavy atom. The Morgan fingerprint density at radius 2 is 2.12 bits per heavy atom. The minimum Gasteiger partial charge on any atom is -0.449 e. The third-order valence-corrected chi connectivity index (χ3v) is 2.18. The van der Waals surface area contributed by atoms with Crippen LogP contribution in [0.5, 0.6) is 0 Å². The molecular formula is C14H22O2. The molecule has 0 radical (unpaired) electrons. The summed E-state index contributed by atoms with van der Waals surface area (Å²) in [6.07, 6.45) is 7.41. The van der Waals surface area contributed by atoms with Gasteiger partial charge in [-0.15, -0.1) is 0 Å². The van der Waals surface area contributed by atoms with Crippen molar-refractivity contribution in [2.75, 3.05) is 0 Å². The molecule has 0 aromatic rings. The van der Waals surface area contributed by atoms with Crippen LogP contribution in [0.1, 0.15) is 52.4 Å². The number of rotatable bonds is 7. The Kier molecular flexibility index (Phi) is 9.50. The molecule has 0 aliphatic heterocycles. The lowest BCUT2D eigenvalue weighted by atomic mass is 10.1. The van der Waals surface area contributed by atoms with Gasteiger partial charge >= 0.3 is 5.97 Å². The summed E-state index contributed by atoms with van der Waals surface area (Å²) in [5, 5.41) is 0. The van der Waals surface area contributed by atoms with Crippen LogP contribution in [0.15, 0.2) is 12.7 Å². The summed E-state index contributed by atoms with van der Waals surface area (Å²) < 4.78 is 5.16. The summed E-state index contributed by atoms with van der Waals surface area (Å²) in [5.74, 6) is 4.82. The third-order valence-electron chi connectivity index (χ3n) is 2.18. The molecule has 0 aromatic heterocycles. The quantitative estimate of drug-likeness (QED) is 0.217. The highest BCUT2D eigenvalue weighted by Crippen LogP contribution is 2.07. The van der Waals surface area contributed by atoms with Crippen molar-refractivity contribution in [1.82, 2.24) is 0 Å². The van der Waals surface area contributed by atoms with E-state index in [0.29, 0.717) is 0 Å². The van der Waals surface area contributed by atoms with Crippen LogP contribution in [0, 0.1) is 11.8 Å². The fourth-order valence-corrected chi connectivity index (χ4v) is 1.25. The van der Waals surface area contributed by atoms with E-state index in [1.165, 1.54) is 0 Å². The van der Waals surface area contributed by atoms with Crippen LogP contribution in [-0.4, -0.2) is 12.1 Å². The molecule has 90 valence electrons. The smallest absolute Gasteiger partial charge is 0.384 e. The molecule has 0 aromatic carbocycles. The highest BCUT2D eigenvalue weighted by molar-refractivity contribution is 5.88. The molecule has 16 heavy (non-hydrogen) atoms. The molecule has 0 aliphatic rings. The molecule has 0 spiro atoms. The molecule has 0 amide bonds. The van der Waals surface area contributed by atoms with Crippen molar-refractivity contribution in [2.45, 2.75) is 58.5 Å². The second kappa shape index (κ2) is 10.3. The van der Waals surface area contributed by atoms with Gasteiger partial charge < -0.3 is 4.74 Å². The van der Waals surface area contributed by atoms with Gasteiger partial charge in [0.2, 0.25) is 0 Å². The van der Waals surface area contributed by atoms with Crippen LogP contribution in [0.4, 0.5) is 0 Å². The summed E-state index contributed by atoms with van der Waals surface area (Å²) in [4.78, 5) is 11.3. The molecule has 1 unspecified atom stereocenters. The number of hydrogen-bond donors (Lipinski definition) is 0. The van der Waals surface area contributed by atoms with Crippen molar-refractivity contribution >= 4 is 5.97 Å². The van der Waals surface area contributed by atoms with Gasteiger partial charge in [0, 0.05) is 12.3 Å². The molecule has 2 heteroatoms. The van der Waals surface area contributed by atoms with E-state index in [1.54, 1.807) is 6.08 Å². The van der Waals surface area contributed by atoms with Crippen molar-refractivity contribution in [3.8, 4) is 11.8 Å². The van der Waals surface area contributed by atoms with Crippen molar-refractivity contribution in [3.63, 3.8) is 0 Å². The lowest BCUT2D eigenvalue weighted by Gasteiger charge is -2.11. The first-order valence-corrected chi connectivity index (χ1v) is 6.06. The van der Waals surface area contributed by atoms with E-state index >= 15 is 0 Å². The number of carbonyl (C=O) groups is 1. The van der Waals surface area contributed by atoms with E-state index in [4.69, 9.17) is 4.74 Å². The van der Waals surface area contributed by atoms with Gasteiger partial charge in [-0.2, -0.15) is 0 Å². The fourth-order valence-electron chi connectivity index (χ4n) is 1.25. The highest BCUT2D eigenvalue weighted by Gasteiger charge is 2.08. The first-order valence-electron chi connectivity index (χ1n) is 6.06. The van der Waals surface area contributed by atoms with E-state index in [-0.39, 0.29) is 6.10 Å². The standard InChI is InChI=1S/C14H22O2/c1-4-7-9-11-13(6-3)16-14(15)12-10-8-5-2/h6,13H,3-5,7-9,11H2,1-2H3. The summed E-state index contributed by atoms with van der Waals surface area (Å²) >= 11 is 0. The maximum atomic E-state index is 11.3. The average Bonchev–Trinajstić information content (AvgIpc) is 2.28. The zero-order chi connectivity index (χ0) is 12.2. The SMILES string of the molecule is C=CC(CCCCC)OC(=O)C#CCCC. The highest BCUT2D eigenvalue weighted by atomic mass is 16.5. The van der Waals surface area contributed by atoms with Gasteiger partial charge in [0.15, 0.2) is 0 Å². The molecule has 0 saturated carbocycles. The van der Waals surface area contributed by atoms with E-state index in [2.05, 4.69) is 25.3 Å². The predicted octanol–water partition coefficient (Wildman–Crippen LogP) is 3.47. The Morgan fingerprint density at radius 1 is 1.38 bits per heavy atom. The minimum atomic E-state index is -0.435. The Labute approximate surface area is 99.1 Å². The average molecular weight is 222 g/mol. The van der Waals surface area contributed by atoms with Crippen molar-refractivity contribution in [3.05, 3.63) is 12.7 Å². The van der Waals surface area contributed by atoms with E-state index in [1.807, 2.05) is 6.92 Å². The van der Waals surface area contributed by atoms with Gasteiger partial charge in [-0.3, -0.25) is 0 Å². The minimum absolute atomic E-state index is 0.185. The van der Waals surface area contributed by atoms with Gasteiger partial charge in [-0.25, -0.2) is 4.79 Å². The van der Waals surface area contributed by atoms with Gasteiger partial charge in [0.1, 0.15) is 6.10 Å². The molecule has 0 aliphatic carbocycles. The first-order chi connectivity index (χ1) is 7.74. The van der Waals surface area contributed by atoms with E-state index in [9.17, 15) is 4.79 Å². The van der Waals surface area contributed by atoms with Crippen LogP contribution >= 0.6 is 0 Å². The summed E-state index contributed by atoms with van der Waals surface area (Å²) in [5.41, 5.74) is 0. The molecule has 0 saturated heterocycles. The van der Waals surface area contributed by atoms with Crippen molar-refractivity contribution < 1.29 is 9.53 Å². The number of unbranched alkanes of at least 4 members (excludes halogenated alkanes) is 3. The number of carbonyl (C=O) groups excluding carboxylic acids is 1. The Balaban J connectivity index is 3.88. The normalized spacial score (nSPS) is 11.1. The molecule has 0 fully saturated rings. The molecule has 0 bridgehead atoms. The van der Waals surface area contributed by atoms with Crippen molar-refractivity contribution in [2.24, 2.45) is 0 Å². The number of esters is 1. The lowest BCUT2D eigenvalue weighted by Crippen LogP contribution is -2.14. The molecule has 0 heterocycles. The number of hydrogen-bond acceptors (Lipinski definition) is 2. The number of ether oxygens (including phenoxy) is 1. The summed E-state index contributed by atoms with van der Waals surface area (Å²) in [6, 6.07) is 0. The maximum Gasteiger partial charge on any atom is 0.384 e. The lowest BCUT2D eigenvalue weighted by molar-refractivity contribution is -0.140. The van der Waals surface area contributed by atoms with E-state index in [0.717, 1.165) is 38.5 Å². The van der Waals surface area contributed by atoms with Gasteiger partial charge in [-0.05, 0) is 19.3 Å².